The summed E-state index contributed by atoms with van der Waals surface area (Å²) in [6, 6.07) is 5.73. The molecule has 0 N–H and O–H groups in total. The van der Waals surface area contributed by atoms with Gasteiger partial charge in [0.25, 0.3) is 5.91 Å². The normalized spacial score (nSPS) is 18.7. The first-order chi connectivity index (χ1) is 13.1. The van der Waals surface area contributed by atoms with E-state index in [1.807, 2.05) is 0 Å². The molecule has 3 heterocycles. The molecule has 27 heavy (non-hydrogen) atoms. The fraction of sp³-hybridized carbons (Fsp3) is 0.474. The van der Waals surface area contributed by atoms with Crippen LogP contribution in [-0.2, 0) is 6.61 Å². The molecule has 0 saturated carbocycles. The van der Waals surface area contributed by atoms with Crippen molar-refractivity contribution < 1.29 is 23.4 Å². The molecule has 1 saturated heterocycles. The SMILES string of the molecule is CN(C[C@@H]1CCCN1C)C(=O)c1coc(COc2ccc3c(c2)OCO3)n1. The maximum absolute atomic E-state index is 12.6. The van der Waals surface area contributed by atoms with Crippen molar-refractivity contribution in [1.29, 1.82) is 0 Å². The fourth-order valence-corrected chi connectivity index (χ4v) is 3.39. The van der Waals surface area contributed by atoms with E-state index in [0.29, 0.717) is 41.4 Å². The second-order valence-electron chi connectivity index (χ2n) is 6.89. The van der Waals surface area contributed by atoms with E-state index < -0.39 is 0 Å². The Kier molecular flexibility index (Phi) is 4.89. The largest absolute Gasteiger partial charge is 0.484 e. The highest BCUT2D eigenvalue weighted by Crippen LogP contribution is 2.35. The molecule has 0 spiro atoms. The lowest BCUT2D eigenvalue weighted by atomic mass is 10.2. The summed E-state index contributed by atoms with van der Waals surface area (Å²) < 4.78 is 21.6. The van der Waals surface area contributed by atoms with Crippen molar-refractivity contribution in [3.63, 3.8) is 0 Å². The molecule has 1 aromatic carbocycles. The molecular weight excluding hydrogens is 350 g/mol. The minimum absolute atomic E-state index is 0.127. The monoisotopic (exact) mass is 373 g/mol. The van der Waals surface area contributed by atoms with Gasteiger partial charge in [0.1, 0.15) is 12.0 Å². The predicted molar refractivity (Wildman–Crippen MR) is 96.0 cm³/mol. The molecule has 0 radical (unpaired) electrons. The molecule has 0 aliphatic carbocycles. The second-order valence-corrected chi connectivity index (χ2v) is 6.89. The predicted octanol–water partition coefficient (Wildman–Crippen LogP) is 2.15. The number of nitrogens with zero attached hydrogens (tertiary/aromatic N) is 3. The number of benzene rings is 1. The molecule has 1 atom stereocenters. The van der Waals surface area contributed by atoms with E-state index in [9.17, 15) is 4.79 Å². The highest BCUT2D eigenvalue weighted by atomic mass is 16.7. The third-order valence-corrected chi connectivity index (χ3v) is 4.98. The van der Waals surface area contributed by atoms with Gasteiger partial charge in [-0.25, -0.2) is 4.98 Å². The fourth-order valence-electron chi connectivity index (χ4n) is 3.39. The van der Waals surface area contributed by atoms with Crippen LogP contribution in [0.4, 0.5) is 0 Å². The Balaban J connectivity index is 1.33. The van der Waals surface area contributed by atoms with Crippen LogP contribution in [0.2, 0.25) is 0 Å². The number of carbonyl (C=O) groups excluding carboxylic acids is 1. The van der Waals surface area contributed by atoms with Crippen molar-refractivity contribution in [3.05, 3.63) is 36.0 Å². The first-order valence-electron chi connectivity index (χ1n) is 9.03. The summed E-state index contributed by atoms with van der Waals surface area (Å²) in [6.07, 6.45) is 3.67. The summed E-state index contributed by atoms with van der Waals surface area (Å²) in [4.78, 5) is 20.8. The second kappa shape index (κ2) is 7.48. The number of rotatable bonds is 6. The van der Waals surface area contributed by atoms with Gasteiger partial charge in [0.05, 0.1) is 0 Å². The molecule has 144 valence electrons. The Morgan fingerprint density at radius 3 is 3.04 bits per heavy atom. The Hall–Kier alpha value is -2.74. The average Bonchev–Trinajstić information content (AvgIpc) is 3.40. The zero-order chi connectivity index (χ0) is 18.8. The third-order valence-electron chi connectivity index (χ3n) is 4.98. The maximum atomic E-state index is 12.6. The number of hydrogen-bond donors (Lipinski definition) is 0. The van der Waals surface area contributed by atoms with E-state index in [1.54, 1.807) is 30.1 Å². The molecule has 1 aromatic heterocycles. The van der Waals surface area contributed by atoms with Gasteiger partial charge in [0.2, 0.25) is 12.7 Å². The lowest BCUT2D eigenvalue weighted by Gasteiger charge is -2.25. The van der Waals surface area contributed by atoms with Gasteiger partial charge in [-0.3, -0.25) is 4.79 Å². The summed E-state index contributed by atoms with van der Waals surface area (Å²) >= 11 is 0. The summed E-state index contributed by atoms with van der Waals surface area (Å²) in [5.74, 6) is 2.17. The summed E-state index contributed by atoms with van der Waals surface area (Å²) in [7, 11) is 3.89. The number of ether oxygens (including phenoxy) is 3. The molecule has 0 unspecified atom stereocenters. The van der Waals surface area contributed by atoms with Crippen LogP contribution in [0.5, 0.6) is 17.2 Å². The highest BCUT2D eigenvalue weighted by Gasteiger charge is 2.25. The van der Waals surface area contributed by atoms with E-state index in [4.69, 9.17) is 18.6 Å². The molecule has 4 rings (SSSR count). The minimum Gasteiger partial charge on any atom is -0.484 e. The highest BCUT2D eigenvalue weighted by molar-refractivity contribution is 5.91. The van der Waals surface area contributed by atoms with Crippen molar-refractivity contribution in [2.45, 2.75) is 25.5 Å². The maximum Gasteiger partial charge on any atom is 0.275 e. The summed E-state index contributed by atoms with van der Waals surface area (Å²) in [6.45, 7) is 2.11. The molecule has 0 bridgehead atoms. The quantitative estimate of drug-likeness (QED) is 0.768. The van der Waals surface area contributed by atoms with Gasteiger partial charge < -0.3 is 28.4 Å². The van der Waals surface area contributed by atoms with Crippen molar-refractivity contribution in [1.82, 2.24) is 14.8 Å². The molecule has 2 aromatic rings. The number of likely N-dealkylation sites (tertiary alicyclic amines) is 1. The van der Waals surface area contributed by atoms with Crippen LogP contribution in [0.3, 0.4) is 0 Å². The van der Waals surface area contributed by atoms with Crippen LogP contribution < -0.4 is 14.2 Å². The van der Waals surface area contributed by atoms with Gasteiger partial charge in [-0.1, -0.05) is 0 Å². The molecule has 1 amide bonds. The lowest BCUT2D eigenvalue weighted by Crippen LogP contribution is -2.39. The average molecular weight is 373 g/mol. The Labute approximate surface area is 157 Å². The van der Waals surface area contributed by atoms with Crippen LogP contribution in [0, 0.1) is 0 Å². The summed E-state index contributed by atoms with van der Waals surface area (Å²) in [5, 5.41) is 0. The molecule has 2 aliphatic rings. The number of oxazole rings is 1. The topological polar surface area (TPSA) is 77.3 Å². The van der Waals surface area contributed by atoms with E-state index in [2.05, 4.69) is 16.9 Å². The van der Waals surface area contributed by atoms with Crippen molar-refractivity contribution in [3.8, 4) is 17.2 Å². The molecule has 8 nitrogen and oxygen atoms in total. The van der Waals surface area contributed by atoms with E-state index in [-0.39, 0.29) is 19.3 Å². The Morgan fingerprint density at radius 2 is 2.22 bits per heavy atom. The van der Waals surface area contributed by atoms with Crippen molar-refractivity contribution >= 4 is 5.91 Å². The van der Waals surface area contributed by atoms with Gasteiger partial charge in [0, 0.05) is 25.7 Å². The van der Waals surface area contributed by atoms with Gasteiger partial charge >= 0.3 is 0 Å². The first kappa shape index (κ1) is 17.7. The van der Waals surface area contributed by atoms with Crippen LogP contribution in [0.15, 0.2) is 28.9 Å². The van der Waals surface area contributed by atoms with Crippen molar-refractivity contribution in [2.24, 2.45) is 0 Å². The van der Waals surface area contributed by atoms with E-state index in [1.165, 1.54) is 12.7 Å². The van der Waals surface area contributed by atoms with Crippen LogP contribution in [0.1, 0.15) is 29.2 Å². The van der Waals surface area contributed by atoms with E-state index >= 15 is 0 Å². The van der Waals surface area contributed by atoms with Gasteiger partial charge in [-0.15, -0.1) is 0 Å². The number of fused-ring (bicyclic) bond motifs is 1. The first-order valence-corrected chi connectivity index (χ1v) is 9.03. The van der Waals surface area contributed by atoms with E-state index in [0.717, 1.165) is 13.0 Å². The number of aromatic nitrogens is 1. The van der Waals surface area contributed by atoms with Gasteiger partial charge in [-0.2, -0.15) is 0 Å². The molecule has 8 heteroatoms. The Morgan fingerprint density at radius 1 is 1.37 bits per heavy atom. The third kappa shape index (κ3) is 3.85. The van der Waals surface area contributed by atoms with Gasteiger partial charge in [0.15, 0.2) is 23.8 Å². The number of carbonyl (C=O) groups is 1. The molecular formula is C19H23N3O5. The zero-order valence-electron chi connectivity index (χ0n) is 15.5. The number of likely N-dealkylation sites (N-methyl/N-ethyl adjacent to an activating group) is 2. The smallest absolute Gasteiger partial charge is 0.275 e. The molecule has 2 aliphatic heterocycles. The van der Waals surface area contributed by atoms with Crippen LogP contribution in [-0.4, -0.2) is 60.7 Å². The number of amides is 1. The molecule has 1 fully saturated rings. The minimum atomic E-state index is -0.145. The van der Waals surface area contributed by atoms with Gasteiger partial charge in [-0.05, 0) is 38.6 Å². The van der Waals surface area contributed by atoms with Crippen LogP contribution >= 0.6 is 0 Å². The zero-order valence-corrected chi connectivity index (χ0v) is 15.5. The lowest BCUT2D eigenvalue weighted by molar-refractivity contribution is 0.0755. The standard InChI is InChI=1S/C19H23N3O5/c1-21-7-3-4-13(21)9-22(2)19(23)15-10-25-18(20-15)11-24-14-5-6-16-17(8-14)27-12-26-16/h5-6,8,10,13H,3-4,7,9,11-12H2,1-2H3/t13-/m0/s1. The number of hydrogen-bond acceptors (Lipinski definition) is 7. The van der Waals surface area contributed by atoms with Crippen molar-refractivity contribution in [2.75, 3.05) is 34.0 Å². The van der Waals surface area contributed by atoms with Crippen LogP contribution in [0.25, 0.3) is 0 Å². The Bertz CT molecular complexity index is 821. The summed E-state index contributed by atoms with van der Waals surface area (Å²) in [5.41, 5.74) is 0.294.